The number of halogens is 2. The highest BCUT2D eigenvalue weighted by atomic mass is 32.2. The Hall–Kier alpha value is -2.75. The molecule has 0 amide bonds. The minimum atomic E-state index is -2.76. The van der Waals surface area contributed by atoms with E-state index in [2.05, 4.69) is 15.0 Å². The van der Waals surface area contributed by atoms with Crippen LogP contribution in [0.15, 0.2) is 35.5 Å². The number of alkyl halides is 2. The molecule has 0 N–H and O–H groups in total. The molecule has 0 saturated heterocycles. The quantitative estimate of drug-likeness (QED) is 0.217. The van der Waals surface area contributed by atoms with Gasteiger partial charge in [-0.3, -0.25) is 9.36 Å². The number of esters is 1. The van der Waals surface area contributed by atoms with Gasteiger partial charge in [0.1, 0.15) is 17.5 Å². The van der Waals surface area contributed by atoms with Crippen molar-refractivity contribution in [3.63, 3.8) is 0 Å². The molecular formula is C25H30F2N4O3S. The van der Waals surface area contributed by atoms with E-state index in [1.54, 1.807) is 30.3 Å². The fourth-order valence-corrected chi connectivity index (χ4v) is 4.70. The van der Waals surface area contributed by atoms with Crippen LogP contribution in [0.2, 0.25) is 0 Å². The maximum Gasteiger partial charge on any atom is 0.306 e. The van der Waals surface area contributed by atoms with Crippen molar-refractivity contribution >= 4 is 28.8 Å². The van der Waals surface area contributed by atoms with Gasteiger partial charge in [-0.25, -0.2) is 18.7 Å². The van der Waals surface area contributed by atoms with Crippen molar-refractivity contribution in [3.05, 3.63) is 36.2 Å². The molecular weight excluding hydrogens is 474 g/mol. The average molecular weight is 505 g/mol. The van der Waals surface area contributed by atoms with Gasteiger partial charge in [-0.2, -0.15) is 4.98 Å². The lowest BCUT2D eigenvalue weighted by molar-refractivity contribution is -0.156. The SMILES string of the molecule is CSc1nc(OC2CCC(CC(=O)OC(C)(C)C)CC2)cc(-n2c(C(F)F)nc3ccccc32)n1. The van der Waals surface area contributed by atoms with Gasteiger partial charge in [0.15, 0.2) is 11.0 Å². The zero-order valence-electron chi connectivity index (χ0n) is 20.3. The molecule has 2 heterocycles. The molecule has 1 aliphatic carbocycles. The number of benzene rings is 1. The molecule has 188 valence electrons. The fraction of sp³-hybridized carbons (Fsp3) is 0.520. The van der Waals surface area contributed by atoms with E-state index in [0.717, 1.165) is 25.7 Å². The fourth-order valence-electron chi connectivity index (χ4n) is 4.33. The molecule has 2 aromatic heterocycles. The van der Waals surface area contributed by atoms with Gasteiger partial charge < -0.3 is 9.47 Å². The molecule has 0 atom stereocenters. The predicted molar refractivity (Wildman–Crippen MR) is 130 cm³/mol. The molecule has 10 heteroatoms. The van der Waals surface area contributed by atoms with Gasteiger partial charge in [0, 0.05) is 12.5 Å². The van der Waals surface area contributed by atoms with E-state index in [0.29, 0.717) is 34.3 Å². The number of aromatic nitrogens is 4. The summed E-state index contributed by atoms with van der Waals surface area (Å²) in [6, 6.07) is 8.56. The Morgan fingerprint density at radius 1 is 1.14 bits per heavy atom. The van der Waals surface area contributed by atoms with Crippen molar-refractivity contribution in [1.82, 2.24) is 19.5 Å². The average Bonchev–Trinajstić information content (AvgIpc) is 3.19. The van der Waals surface area contributed by atoms with E-state index in [4.69, 9.17) is 9.47 Å². The van der Waals surface area contributed by atoms with Crippen LogP contribution in [0.4, 0.5) is 8.78 Å². The van der Waals surface area contributed by atoms with Crippen LogP contribution < -0.4 is 4.74 Å². The minimum Gasteiger partial charge on any atom is -0.474 e. The molecule has 1 aromatic carbocycles. The smallest absolute Gasteiger partial charge is 0.306 e. The second-order valence-electron chi connectivity index (χ2n) is 9.70. The summed E-state index contributed by atoms with van der Waals surface area (Å²) in [6.45, 7) is 5.60. The van der Waals surface area contributed by atoms with Crippen LogP contribution in [0.25, 0.3) is 16.9 Å². The number of nitrogens with zero attached hydrogens (tertiary/aromatic N) is 4. The maximum absolute atomic E-state index is 13.8. The number of imidazole rings is 1. The Balaban J connectivity index is 1.50. The molecule has 35 heavy (non-hydrogen) atoms. The zero-order chi connectivity index (χ0) is 25.2. The molecule has 0 bridgehead atoms. The maximum atomic E-state index is 13.8. The zero-order valence-corrected chi connectivity index (χ0v) is 21.1. The second kappa shape index (κ2) is 10.5. The molecule has 7 nitrogen and oxygen atoms in total. The summed E-state index contributed by atoms with van der Waals surface area (Å²) in [5.41, 5.74) is 0.530. The first-order valence-electron chi connectivity index (χ1n) is 11.7. The normalized spacial score (nSPS) is 18.7. The van der Waals surface area contributed by atoms with Gasteiger partial charge >= 0.3 is 5.97 Å². The van der Waals surface area contributed by atoms with Gasteiger partial charge in [0.25, 0.3) is 6.43 Å². The lowest BCUT2D eigenvalue weighted by Crippen LogP contribution is -2.29. The van der Waals surface area contributed by atoms with Crippen molar-refractivity contribution < 1.29 is 23.0 Å². The number of rotatable bonds is 7. The van der Waals surface area contributed by atoms with Crippen LogP contribution in [0, 0.1) is 5.92 Å². The molecule has 4 rings (SSSR count). The summed E-state index contributed by atoms with van der Waals surface area (Å²) in [5.74, 6) is 0.355. The van der Waals surface area contributed by atoms with E-state index in [1.165, 1.54) is 16.3 Å². The van der Waals surface area contributed by atoms with Crippen molar-refractivity contribution in [2.24, 2.45) is 5.92 Å². The number of carbonyl (C=O) groups is 1. The molecule has 3 aromatic rings. The summed E-state index contributed by atoms with van der Waals surface area (Å²) in [5, 5.41) is 0.425. The van der Waals surface area contributed by atoms with Crippen LogP contribution in [0.3, 0.4) is 0 Å². The second-order valence-corrected chi connectivity index (χ2v) is 10.5. The van der Waals surface area contributed by atoms with Crippen molar-refractivity contribution in [3.8, 4) is 11.7 Å². The summed E-state index contributed by atoms with van der Waals surface area (Å²) in [6.07, 6.45) is 2.64. The number of thioether (sulfide) groups is 1. The minimum absolute atomic E-state index is 0.0727. The number of fused-ring (bicyclic) bond motifs is 1. The Labute approximate surface area is 207 Å². The summed E-state index contributed by atoms with van der Waals surface area (Å²) >= 11 is 1.31. The molecule has 1 fully saturated rings. The molecule has 1 saturated carbocycles. The summed E-state index contributed by atoms with van der Waals surface area (Å²) in [7, 11) is 0. The van der Waals surface area contributed by atoms with Gasteiger partial charge in [-0.1, -0.05) is 23.9 Å². The van der Waals surface area contributed by atoms with Crippen LogP contribution >= 0.6 is 11.8 Å². The van der Waals surface area contributed by atoms with Crippen LogP contribution in [0.5, 0.6) is 5.88 Å². The largest absolute Gasteiger partial charge is 0.474 e. The van der Waals surface area contributed by atoms with Crippen LogP contribution in [0.1, 0.15) is 65.1 Å². The van der Waals surface area contributed by atoms with Crippen molar-refractivity contribution in [2.45, 2.75) is 76.2 Å². The van der Waals surface area contributed by atoms with Gasteiger partial charge in [-0.15, -0.1) is 0 Å². The molecule has 0 radical (unpaired) electrons. The van der Waals surface area contributed by atoms with E-state index in [1.807, 2.05) is 27.0 Å². The van der Waals surface area contributed by atoms with Crippen molar-refractivity contribution in [2.75, 3.05) is 6.26 Å². The Morgan fingerprint density at radius 2 is 1.86 bits per heavy atom. The number of hydrogen-bond acceptors (Lipinski definition) is 7. The van der Waals surface area contributed by atoms with Crippen molar-refractivity contribution in [1.29, 1.82) is 0 Å². The van der Waals surface area contributed by atoms with Gasteiger partial charge in [-0.05, 0) is 70.8 Å². The van der Waals surface area contributed by atoms with E-state index in [9.17, 15) is 13.6 Å². The molecule has 0 spiro atoms. The van der Waals surface area contributed by atoms with E-state index >= 15 is 0 Å². The molecule has 1 aliphatic rings. The lowest BCUT2D eigenvalue weighted by atomic mass is 9.85. The Kier molecular flexibility index (Phi) is 7.59. The predicted octanol–water partition coefficient (Wildman–Crippen LogP) is 6.14. The van der Waals surface area contributed by atoms with Crippen LogP contribution in [-0.2, 0) is 9.53 Å². The lowest BCUT2D eigenvalue weighted by Gasteiger charge is -2.29. The van der Waals surface area contributed by atoms with Gasteiger partial charge in [0.2, 0.25) is 5.88 Å². The number of carbonyl (C=O) groups excluding carboxylic acids is 1. The topological polar surface area (TPSA) is 79.1 Å². The Morgan fingerprint density at radius 3 is 2.51 bits per heavy atom. The van der Waals surface area contributed by atoms with E-state index < -0.39 is 12.0 Å². The third kappa shape index (κ3) is 6.28. The highest BCUT2D eigenvalue weighted by molar-refractivity contribution is 7.98. The Bertz CT molecular complexity index is 1190. The third-order valence-corrected chi connectivity index (χ3v) is 6.37. The first-order chi connectivity index (χ1) is 16.6. The summed E-state index contributed by atoms with van der Waals surface area (Å²) < 4.78 is 40.6. The number of para-hydroxylation sites is 2. The highest BCUT2D eigenvalue weighted by Gasteiger charge is 2.27. The number of ether oxygens (including phenoxy) is 2. The highest BCUT2D eigenvalue weighted by Crippen LogP contribution is 2.32. The standard InChI is InChI=1S/C25H30F2N4O3S/c1-25(2,3)34-21(32)13-15-9-11-16(12-10-15)33-20-14-19(29-24(30-20)35-4)31-18-8-6-5-7-17(18)28-23(31)22(26)27/h5-8,14-16,22H,9-13H2,1-4H3. The van der Waals surface area contributed by atoms with E-state index in [-0.39, 0.29) is 23.8 Å². The number of hydrogen-bond donors (Lipinski definition) is 0. The third-order valence-electron chi connectivity index (χ3n) is 5.82. The monoisotopic (exact) mass is 504 g/mol. The first kappa shape index (κ1) is 25.3. The molecule has 0 aliphatic heterocycles. The first-order valence-corrected chi connectivity index (χ1v) is 12.9. The van der Waals surface area contributed by atoms with Crippen LogP contribution in [-0.4, -0.2) is 43.4 Å². The molecule has 0 unspecified atom stereocenters. The summed E-state index contributed by atoms with van der Waals surface area (Å²) in [4.78, 5) is 25.2. The van der Waals surface area contributed by atoms with Gasteiger partial charge in [0.05, 0.1) is 11.0 Å².